The Balaban J connectivity index is 1.74. The van der Waals surface area contributed by atoms with Gasteiger partial charge in [-0.3, -0.25) is 14.4 Å². The SMILES string of the molecule is CC[C@H](C)[C@H](NC(=O)[C@H](Cc1ccccc1)n1c(=O)[nH]c2ccccc2c1=O)C(=O)N1CCC[C@H]1C(=O)O. The molecule has 1 aliphatic heterocycles. The molecule has 2 heterocycles. The Hall–Kier alpha value is -4.21. The number of carboxylic acid groups (broad SMARTS) is 1. The smallest absolute Gasteiger partial charge is 0.329 e. The lowest BCUT2D eigenvalue weighted by Crippen LogP contribution is -2.56. The molecule has 0 spiro atoms. The van der Waals surface area contributed by atoms with Crippen molar-refractivity contribution in [3.8, 4) is 0 Å². The van der Waals surface area contributed by atoms with Crippen LogP contribution in [0.25, 0.3) is 10.9 Å². The van der Waals surface area contributed by atoms with E-state index in [1.54, 1.807) is 55.5 Å². The average Bonchev–Trinajstić information content (AvgIpc) is 3.41. The standard InChI is InChI=1S/C28H32N4O6/c1-3-17(2)23(26(35)31-15-9-14-21(31)27(36)37)30-24(33)22(16-18-10-5-4-6-11-18)32-25(34)19-12-7-8-13-20(19)29-28(32)38/h4-8,10-13,17,21-23H,3,9,14-16H2,1-2H3,(H,29,38)(H,30,33)(H,36,37)/t17-,21-,22-,23-/m0/s1. The third-order valence-electron chi connectivity index (χ3n) is 7.32. The van der Waals surface area contributed by atoms with Gasteiger partial charge in [-0.05, 0) is 36.5 Å². The first-order valence-electron chi connectivity index (χ1n) is 12.8. The average molecular weight is 521 g/mol. The van der Waals surface area contributed by atoms with E-state index < -0.39 is 47.2 Å². The number of hydrogen-bond donors (Lipinski definition) is 3. The number of para-hydroxylation sites is 1. The summed E-state index contributed by atoms with van der Waals surface area (Å²) in [7, 11) is 0. The molecule has 3 N–H and O–H groups in total. The van der Waals surface area contributed by atoms with Crippen molar-refractivity contribution in [1.82, 2.24) is 19.8 Å². The van der Waals surface area contributed by atoms with Gasteiger partial charge in [0.25, 0.3) is 5.56 Å². The minimum absolute atomic E-state index is 0.0386. The summed E-state index contributed by atoms with van der Waals surface area (Å²) in [6, 6.07) is 12.3. The third kappa shape index (κ3) is 5.39. The molecule has 1 fully saturated rings. The Kier molecular flexibility index (Phi) is 8.09. The number of hydrogen-bond acceptors (Lipinski definition) is 5. The maximum atomic E-state index is 13.8. The molecule has 3 aromatic rings. The van der Waals surface area contributed by atoms with Crippen molar-refractivity contribution in [2.75, 3.05) is 6.54 Å². The van der Waals surface area contributed by atoms with E-state index in [4.69, 9.17) is 0 Å². The number of fused-ring (bicyclic) bond motifs is 1. The van der Waals surface area contributed by atoms with Gasteiger partial charge in [0.2, 0.25) is 11.8 Å². The summed E-state index contributed by atoms with van der Waals surface area (Å²) in [5, 5.41) is 12.6. The summed E-state index contributed by atoms with van der Waals surface area (Å²) in [4.78, 5) is 69.6. The van der Waals surface area contributed by atoms with E-state index in [9.17, 15) is 29.1 Å². The van der Waals surface area contributed by atoms with E-state index in [0.717, 1.165) is 10.1 Å². The second-order valence-electron chi connectivity index (χ2n) is 9.76. The zero-order valence-electron chi connectivity index (χ0n) is 21.4. The lowest BCUT2D eigenvalue weighted by Gasteiger charge is -2.31. The number of carboxylic acids is 1. The van der Waals surface area contributed by atoms with E-state index in [-0.39, 0.29) is 24.3 Å². The molecule has 2 aromatic carbocycles. The molecule has 1 aliphatic rings. The number of aromatic nitrogens is 2. The number of carbonyl (C=O) groups is 3. The van der Waals surface area contributed by atoms with E-state index in [1.165, 1.54) is 4.90 Å². The molecule has 10 nitrogen and oxygen atoms in total. The monoisotopic (exact) mass is 520 g/mol. The third-order valence-corrected chi connectivity index (χ3v) is 7.32. The van der Waals surface area contributed by atoms with Gasteiger partial charge >= 0.3 is 11.7 Å². The zero-order chi connectivity index (χ0) is 27.4. The first kappa shape index (κ1) is 26.8. The van der Waals surface area contributed by atoms with Crippen molar-refractivity contribution in [1.29, 1.82) is 0 Å². The first-order valence-corrected chi connectivity index (χ1v) is 12.8. The van der Waals surface area contributed by atoms with Crippen LogP contribution in [0, 0.1) is 5.92 Å². The first-order chi connectivity index (χ1) is 18.2. The van der Waals surface area contributed by atoms with Crippen molar-refractivity contribution in [2.24, 2.45) is 5.92 Å². The summed E-state index contributed by atoms with van der Waals surface area (Å²) in [5.74, 6) is -2.54. The van der Waals surface area contributed by atoms with Gasteiger partial charge in [-0.25, -0.2) is 14.2 Å². The van der Waals surface area contributed by atoms with Crippen LogP contribution in [0.1, 0.15) is 44.7 Å². The number of rotatable bonds is 9. The van der Waals surface area contributed by atoms with Crippen LogP contribution in [-0.4, -0.2) is 56.0 Å². The quantitative estimate of drug-likeness (QED) is 0.394. The van der Waals surface area contributed by atoms with Crippen molar-refractivity contribution in [3.05, 3.63) is 81.0 Å². The van der Waals surface area contributed by atoms with Crippen LogP contribution in [0.2, 0.25) is 0 Å². The van der Waals surface area contributed by atoms with Gasteiger partial charge in [0.1, 0.15) is 18.1 Å². The molecule has 10 heteroatoms. The Morgan fingerprint density at radius 3 is 2.45 bits per heavy atom. The Labute approximate surface area is 219 Å². The fraction of sp³-hybridized carbons (Fsp3) is 0.393. The molecule has 1 aromatic heterocycles. The predicted molar refractivity (Wildman–Crippen MR) is 142 cm³/mol. The van der Waals surface area contributed by atoms with Crippen LogP contribution >= 0.6 is 0 Å². The maximum absolute atomic E-state index is 13.8. The second kappa shape index (κ2) is 11.5. The molecule has 0 unspecified atom stereocenters. The van der Waals surface area contributed by atoms with E-state index >= 15 is 0 Å². The van der Waals surface area contributed by atoms with Gasteiger partial charge in [0.15, 0.2) is 0 Å². The molecule has 4 rings (SSSR count). The van der Waals surface area contributed by atoms with Gasteiger partial charge in [0, 0.05) is 13.0 Å². The van der Waals surface area contributed by atoms with Crippen LogP contribution in [0.4, 0.5) is 0 Å². The molecular formula is C28H32N4O6. The van der Waals surface area contributed by atoms with Gasteiger partial charge < -0.3 is 20.3 Å². The number of likely N-dealkylation sites (tertiary alicyclic amines) is 1. The lowest BCUT2D eigenvalue weighted by molar-refractivity contribution is -0.150. The van der Waals surface area contributed by atoms with E-state index in [0.29, 0.717) is 24.8 Å². The summed E-state index contributed by atoms with van der Waals surface area (Å²) in [5.41, 5.74) is -0.262. The fourth-order valence-electron chi connectivity index (χ4n) is 5.00. The summed E-state index contributed by atoms with van der Waals surface area (Å²) >= 11 is 0. The Morgan fingerprint density at radius 1 is 1.08 bits per heavy atom. The van der Waals surface area contributed by atoms with Gasteiger partial charge in [-0.2, -0.15) is 0 Å². The summed E-state index contributed by atoms with van der Waals surface area (Å²) in [6.07, 6.45) is 1.49. The number of nitrogens with zero attached hydrogens (tertiary/aromatic N) is 2. The normalized spacial score (nSPS) is 17.6. The number of carbonyl (C=O) groups excluding carboxylic acids is 2. The minimum atomic E-state index is -1.24. The van der Waals surface area contributed by atoms with E-state index in [1.807, 2.05) is 13.0 Å². The molecule has 38 heavy (non-hydrogen) atoms. The minimum Gasteiger partial charge on any atom is -0.480 e. The highest BCUT2D eigenvalue weighted by Gasteiger charge is 2.40. The molecule has 2 amide bonds. The fourth-order valence-corrected chi connectivity index (χ4v) is 5.00. The molecule has 0 radical (unpaired) electrons. The summed E-state index contributed by atoms with van der Waals surface area (Å²) < 4.78 is 0.902. The molecule has 0 bridgehead atoms. The number of aromatic amines is 1. The molecule has 0 aliphatic carbocycles. The summed E-state index contributed by atoms with van der Waals surface area (Å²) in [6.45, 7) is 3.96. The Morgan fingerprint density at radius 2 is 1.76 bits per heavy atom. The maximum Gasteiger partial charge on any atom is 0.329 e. The molecular weight excluding hydrogens is 488 g/mol. The molecule has 4 atom stereocenters. The molecule has 0 saturated carbocycles. The highest BCUT2D eigenvalue weighted by Crippen LogP contribution is 2.22. The molecule has 1 saturated heterocycles. The zero-order valence-corrected chi connectivity index (χ0v) is 21.4. The number of H-pyrrole nitrogens is 1. The highest BCUT2D eigenvalue weighted by atomic mass is 16.4. The lowest BCUT2D eigenvalue weighted by atomic mass is 9.96. The van der Waals surface area contributed by atoms with Crippen LogP contribution < -0.4 is 16.6 Å². The number of benzene rings is 2. The number of nitrogens with one attached hydrogen (secondary N) is 2. The van der Waals surface area contributed by atoms with Crippen molar-refractivity contribution < 1.29 is 19.5 Å². The largest absolute Gasteiger partial charge is 0.480 e. The Bertz CT molecular complexity index is 1450. The van der Waals surface area contributed by atoms with Crippen molar-refractivity contribution >= 4 is 28.7 Å². The second-order valence-corrected chi connectivity index (χ2v) is 9.76. The van der Waals surface area contributed by atoms with Crippen LogP contribution in [0.3, 0.4) is 0 Å². The van der Waals surface area contributed by atoms with Crippen molar-refractivity contribution in [3.63, 3.8) is 0 Å². The number of aliphatic carboxylic acids is 1. The van der Waals surface area contributed by atoms with Crippen molar-refractivity contribution in [2.45, 2.75) is 57.7 Å². The van der Waals surface area contributed by atoms with Crippen LogP contribution in [0.15, 0.2) is 64.2 Å². The van der Waals surface area contributed by atoms with Gasteiger partial charge in [-0.15, -0.1) is 0 Å². The van der Waals surface area contributed by atoms with Crippen LogP contribution in [-0.2, 0) is 20.8 Å². The highest BCUT2D eigenvalue weighted by molar-refractivity contribution is 5.92. The predicted octanol–water partition coefficient (Wildman–Crippen LogP) is 2.08. The van der Waals surface area contributed by atoms with Gasteiger partial charge in [0.05, 0.1) is 10.9 Å². The van der Waals surface area contributed by atoms with Crippen LogP contribution in [0.5, 0.6) is 0 Å². The van der Waals surface area contributed by atoms with E-state index in [2.05, 4.69) is 10.3 Å². The topological polar surface area (TPSA) is 142 Å². The number of amides is 2. The van der Waals surface area contributed by atoms with Gasteiger partial charge in [-0.1, -0.05) is 62.7 Å². The molecule has 200 valence electrons.